The Balaban J connectivity index is 2.33. The number of aryl methyl sites for hydroxylation is 1. The molecule has 2 aromatic carbocycles. The summed E-state index contributed by atoms with van der Waals surface area (Å²) in [5, 5.41) is 9.31. The molecule has 0 heterocycles. The van der Waals surface area contributed by atoms with E-state index in [1.807, 2.05) is 31.2 Å². The van der Waals surface area contributed by atoms with Gasteiger partial charge in [0.1, 0.15) is 0 Å². The third kappa shape index (κ3) is 3.32. The molecule has 0 aromatic heterocycles. The Morgan fingerprint density at radius 2 is 1.57 bits per heavy atom. The van der Waals surface area contributed by atoms with Gasteiger partial charge in [0.25, 0.3) is 0 Å². The molecule has 0 fully saturated rings. The summed E-state index contributed by atoms with van der Waals surface area (Å²) in [5.41, 5.74) is 2.43. The van der Waals surface area contributed by atoms with E-state index in [9.17, 15) is 13.5 Å². The Kier molecular flexibility index (Phi) is 4.77. The molecule has 0 spiro atoms. The predicted molar refractivity (Wildman–Crippen MR) is 82.2 cm³/mol. The van der Waals surface area contributed by atoms with Gasteiger partial charge in [0.15, 0.2) is 0 Å². The third-order valence-corrected chi connectivity index (χ3v) is 5.39. The second kappa shape index (κ2) is 6.39. The molecule has 0 bridgehead atoms. The molecule has 0 saturated heterocycles. The summed E-state index contributed by atoms with van der Waals surface area (Å²) >= 11 is 0. The fourth-order valence-corrected chi connectivity index (χ4v) is 3.53. The van der Waals surface area contributed by atoms with Gasteiger partial charge in [-0.05, 0) is 29.7 Å². The fraction of sp³-hybridized carbons (Fsp3) is 0.250. The minimum absolute atomic E-state index is 0.156. The van der Waals surface area contributed by atoms with Gasteiger partial charge in [-0.2, -0.15) is 4.31 Å². The second-order valence-electron chi connectivity index (χ2n) is 4.95. The number of hydrogen-bond donors (Lipinski definition) is 1. The molecule has 0 aliphatic carbocycles. The first-order valence-electron chi connectivity index (χ1n) is 6.66. The molecule has 4 nitrogen and oxygen atoms in total. The van der Waals surface area contributed by atoms with Crippen molar-refractivity contribution in [1.82, 2.24) is 4.31 Å². The van der Waals surface area contributed by atoms with Crippen molar-refractivity contribution >= 4 is 10.0 Å². The van der Waals surface area contributed by atoms with E-state index in [0.717, 1.165) is 11.1 Å². The van der Waals surface area contributed by atoms with E-state index < -0.39 is 10.0 Å². The molecule has 21 heavy (non-hydrogen) atoms. The third-order valence-electron chi connectivity index (χ3n) is 3.49. The fourth-order valence-electron chi connectivity index (χ4n) is 2.17. The topological polar surface area (TPSA) is 57.6 Å². The zero-order valence-corrected chi connectivity index (χ0v) is 13.0. The van der Waals surface area contributed by atoms with Crippen molar-refractivity contribution in [3.63, 3.8) is 0 Å². The highest BCUT2D eigenvalue weighted by Crippen LogP contribution is 2.21. The van der Waals surface area contributed by atoms with Crippen LogP contribution in [0.3, 0.4) is 0 Å². The lowest BCUT2D eigenvalue weighted by molar-refractivity contribution is 0.278. The molecule has 0 saturated carbocycles. The summed E-state index contributed by atoms with van der Waals surface area (Å²) in [7, 11) is -2.07. The SMILES string of the molecule is Cc1ccccc1CN(C)S(=O)(=O)c1ccccc1CO. The molecule has 0 atom stereocenters. The quantitative estimate of drug-likeness (QED) is 0.922. The molecule has 0 amide bonds. The molecule has 1 N–H and O–H groups in total. The molecule has 2 aromatic rings. The first kappa shape index (κ1) is 15.7. The van der Waals surface area contributed by atoms with Crippen molar-refractivity contribution in [1.29, 1.82) is 0 Å². The molecule has 112 valence electrons. The van der Waals surface area contributed by atoms with Gasteiger partial charge in [-0.25, -0.2) is 8.42 Å². The molecule has 0 unspecified atom stereocenters. The smallest absolute Gasteiger partial charge is 0.243 e. The Morgan fingerprint density at radius 3 is 2.19 bits per heavy atom. The maximum absolute atomic E-state index is 12.6. The summed E-state index contributed by atoms with van der Waals surface area (Å²) < 4.78 is 26.6. The van der Waals surface area contributed by atoms with E-state index in [4.69, 9.17) is 0 Å². The summed E-state index contributed by atoms with van der Waals surface area (Å²) in [5.74, 6) is 0. The standard InChI is InChI=1S/C16H19NO3S/c1-13-7-3-4-8-14(13)11-17(2)21(19,20)16-10-6-5-9-15(16)12-18/h3-10,18H,11-12H2,1-2H3. The zero-order chi connectivity index (χ0) is 15.5. The van der Waals surface area contributed by atoms with Crippen LogP contribution in [0.2, 0.25) is 0 Å². The normalized spacial score (nSPS) is 11.8. The number of rotatable bonds is 5. The molecule has 0 aliphatic rings. The van der Waals surface area contributed by atoms with E-state index in [0.29, 0.717) is 12.1 Å². The largest absolute Gasteiger partial charge is 0.392 e. The van der Waals surface area contributed by atoms with Gasteiger partial charge in [-0.15, -0.1) is 0 Å². The van der Waals surface area contributed by atoms with Crippen molar-refractivity contribution in [2.45, 2.75) is 25.0 Å². The summed E-state index contributed by atoms with van der Waals surface area (Å²) in [4.78, 5) is 0.156. The highest BCUT2D eigenvalue weighted by atomic mass is 32.2. The van der Waals surface area contributed by atoms with Gasteiger partial charge in [0.05, 0.1) is 11.5 Å². The maximum atomic E-state index is 12.6. The molecular formula is C16H19NO3S. The average molecular weight is 305 g/mol. The van der Waals surface area contributed by atoms with Crippen molar-refractivity contribution in [3.8, 4) is 0 Å². The number of aliphatic hydroxyl groups is 1. The summed E-state index contributed by atoms with van der Waals surface area (Å²) in [6.45, 7) is 1.96. The lowest BCUT2D eigenvalue weighted by Crippen LogP contribution is -2.27. The predicted octanol–water partition coefficient (Wildman–Crippen LogP) is 2.31. The van der Waals surface area contributed by atoms with Crippen molar-refractivity contribution in [3.05, 3.63) is 65.2 Å². The highest BCUT2D eigenvalue weighted by Gasteiger charge is 2.23. The van der Waals surface area contributed by atoms with Crippen LogP contribution in [0.4, 0.5) is 0 Å². The van der Waals surface area contributed by atoms with E-state index in [1.165, 1.54) is 10.4 Å². The molecule has 2 rings (SSSR count). The van der Waals surface area contributed by atoms with Crippen LogP contribution in [-0.2, 0) is 23.2 Å². The average Bonchev–Trinajstić information content (AvgIpc) is 2.49. The van der Waals surface area contributed by atoms with Crippen molar-refractivity contribution < 1.29 is 13.5 Å². The van der Waals surface area contributed by atoms with Crippen LogP contribution in [0.5, 0.6) is 0 Å². The number of aliphatic hydroxyl groups excluding tert-OH is 1. The zero-order valence-electron chi connectivity index (χ0n) is 12.2. The van der Waals surface area contributed by atoms with Gasteiger partial charge in [-0.3, -0.25) is 0 Å². The van der Waals surface area contributed by atoms with Crippen LogP contribution >= 0.6 is 0 Å². The molecule has 5 heteroatoms. The van der Waals surface area contributed by atoms with Gasteiger partial charge in [0, 0.05) is 13.6 Å². The van der Waals surface area contributed by atoms with Crippen LogP contribution in [0.1, 0.15) is 16.7 Å². The molecule has 0 aliphatic heterocycles. The monoisotopic (exact) mass is 305 g/mol. The Hall–Kier alpha value is -1.69. The lowest BCUT2D eigenvalue weighted by atomic mass is 10.1. The van der Waals surface area contributed by atoms with Crippen LogP contribution in [0.25, 0.3) is 0 Å². The minimum atomic E-state index is -3.62. The number of nitrogens with zero attached hydrogens (tertiary/aromatic N) is 1. The number of sulfonamides is 1. The minimum Gasteiger partial charge on any atom is -0.392 e. The Morgan fingerprint density at radius 1 is 1.00 bits per heavy atom. The highest BCUT2D eigenvalue weighted by molar-refractivity contribution is 7.89. The summed E-state index contributed by atoms with van der Waals surface area (Å²) in [6.07, 6.45) is 0. The number of hydrogen-bond acceptors (Lipinski definition) is 3. The van der Waals surface area contributed by atoms with Gasteiger partial charge < -0.3 is 5.11 Å². The van der Waals surface area contributed by atoms with E-state index in [-0.39, 0.29) is 11.5 Å². The van der Waals surface area contributed by atoms with Crippen LogP contribution in [0.15, 0.2) is 53.4 Å². The van der Waals surface area contributed by atoms with E-state index >= 15 is 0 Å². The van der Waals surface area contributed by atoms with Crippen LogP contribution < -0.4 is 0 Å². The molecule has 0 radical (unpaired) electrons. The second-order valence-corrected chi connectivity index (χ2v) is 6.97. The van der Waals surface area contributed by atoms with Crippen molar-refractivity contribution in [2.75, 3.05) is 7.05 Å². The van der Waals surface area contributed by atoms with Crippen LogP contribution in [-0.4, -0.2) is 24.9 Å². The first-order valence-corrected chi connectivity index (χ1v) is 8.10. The van der Waals surface area contributed by atoms with E-state index in [1.54, 1.807) is 25.2 Å². The van der Waals surface area contributed by atoms with Gasteiger partial charge >= 0.3 is 0 Å². The maximum Gasteiger partial charge on any atom is 0.243 e. The first-order chi connectivity index (χ1) is 9.96. The van der Waals surface area contributed by atoms with Gasteiger partial charge in [-0.1, -0.05) is 42.5 Å². The number of benzene rings is 2. The van der Waals surface area contributed by atoms with Crippen LogP contribution in [0, 0.1) is 6.92 Å². The molecular weight excluding hydrogens is 286 g/mol. The Bertz CT molecular complexity index is 726. The van der Waals surface area contributed by atoms with Crippen molar-refractivity contribution in [2.24, 2.45) is 0 Å². The van der Waals surface area contributed by atoms with E-state index in [2.05, 4.69) is 0 Å². The lowest BCUT2D eigenvalue weighted by Gasteiger charge is -2.19. The summed E-state index contributed by atoms with van der Waals surface area (Å²) in [6, 6.07) is 14.2. The van der Waals surface area contributed by atoms with Gasteiger partial charge in [0.2, 0.25) is 10.0 Å². The Labute approximate surface area is 125 Å².